The summed E-state index contributed by atoms with van der Waals surface area (Å²) in [6.45, 7) is 8.64. The molecular formula is C27H36N4O2. The molecule has 0 saturated carbocycles. The number of hydrogen-bond acceptors (Lipinski definition) is 4. The minimum Gasteiger partial charge on any atom is -0.340 e. The van der Waals surface area contributed by atoms with Crippen LogP contribution in [0.4, 0.5) is 0 Å². The number of carbonyl (C=O) groups excluding carboxylic acids is 2. The lowest BCUT2D eigenvalue weighted by Crippen LogP contribution is -2.48. The molecule has 4 rings (SSSR count). The van der Waals surface area contributed by atoms with Gasteiger partial charge in [-0.1, -0.05) is 60.7 Å². The van der Waals surface area contributed by atoms with Crippen molar-refractivity contribution in [3.63, 3.8) is 0 Å². The lowest BCUT2D eigenvalue weighted by Gasteiger charge is -2.35. The second-order valence-electron chi connectivity index (χ2n) is 9.14. The molecule has 0 atom stereocenters. The zero-order valence-electron chi connectivity index (χ0n) is 19.6. The third kappa shape index (κ3) is 7.14. The topological polar surface area (TPSA) is 47.1 Å². The monoisotopic (exact) mass is 448 g/mol. The van der Waals surface area contributed by atoms with Crippen molar-refractivity contribution < 1.29 is 9.59 Å². The van der Waals surface area contributed by atoms with Crippen LogP contribution in [0.5, 0.6) is 0 Å². The van der Waals surface area contributed by atoms with Crippen LogP contribution in [0.1, 0.15) is 30.4 Å². The first-order valence-electron chi connectivity index (χ1n) is 12.3. The van der Waals surface area contributed by atoms with Crippen LogP contribution in [-0.2, 0) is 22.7 Å². The van der Waals surface area contributed by atoms with Crippen LogP contribution in [-0.4, -0.2) is 83.8 Å². The average Bonchev–Trinajstić information content (AvgIpc) is 2.86. The van der Waals surface area contributed by atoms with Gasteiger partial charge in [0.2, 0.25) is 11.8 Å². The molecule has 0 spiro atoms. The van der Waals surface area contributed by atoms with E-state index in [0.29, 0.717) is 19.3 Å². The van der Waals surface area contributed by atoms with Gasteiger partial charge in [-0.2, -0.15) is 0 Å². The predicted octanol–water partition coefficient (Wildman–Crippen LogP) is 2.85. The van der Waals surface area contributed by atoms with E-state index in [1.807, 2.05) is 21.9 Å². The van der Waals surface area contributed by atoms with E-state index in [-0.39, 0.29) is 11.8 Å². The van der Waals surface area contributed by atoms with Crippen LogP contribution in [0.15, 0.2) is 60.7 Å². The Balaban J connectivity index is 1.10. The number of nitrogens with zero attached hydrogens (tertiary/aromatic N) is 4. The fraction of sp³-hybridized carbons (Fsp3) is 0.481. The Morgan fingerprint density at radius 1 is 0.545 bits per heavy atom. The summed E-state index contributed by atoms with van der Waals surface area (Å²) in [4.78, 5) is 34.0. The lowest BCUT2D eigenvalue weighted by molar-refractivity contribution is -0.134. The van der Waals surface area contributed by atoms with Crippen LogP contribution in [0.25, 0.3) is 0 Å². The maximum Gasteiger partial charge on any atom is 0.222 e. The Labute approximate surface area is 197 Å². The Morgan fingerprint density at radius 2 is 0.909 bits per heavy atom. The van der Waals surface area contributed by atoms with E-state index in [2.05, 4.69) is 58.3 Å². The van der Waals surface area contributed by atoms with Crippen molar-refractivity contribution in [2.24, 2.45) is 0 Å². The molecule has 0 aliphatic carbocycles. The summed E-state index contributed by atoms with van der Waals surface area (Å²) in [6.07, 6.45) is 1.59. The maximum absolute atomic E-state index is 12.6. The number of rotatable bonds is 8. The van der Waals surface area contributed by atoms with Gasteiger partial charge >= 0.3 is 0 Å². The number of benzene rings is 2. The van der Waals surface area contributed by atoms with Crippen molar-refractivity contribution in [2.75, 3.05) is 52.4 Å². The molecule has 2 fully saturated rings. The van der Waals surface area contributed by atoms with E-state index < -0.39 is 0 Å². The van der Waals surface area contributed by atoms with Crippen LogP contribution >= 0.6 is 0 Å². The normalized spacial score (nSPS) is 17.8. The molecule has 2 heterocycles. The van der Waals surface area contributed by atoms with Gasteiger partial charge in [-0.15, -0.1) is 0 Å². The van der Waals surface area contributed by atoms with E-state index in [9.17, 15) is 9.59 Å². The third-order valence-corrected chi connectivity index (χ3v) is 6.73. The van der Waals surface area contributed by atoms with Crippen molar-refractivity contribution in [3.8, 4) is 0 Å². The zero-order valence-corrected chi connectivity index (χ0v) is 19.6. The van der Waals surface area contributed by atoms with Crippen molar-refractivity contribution in [1.29, 1.82) is 0 Å². The second kappa shape index (κ2) is 12.0. The van der Waals surface area contributed by atoms with Crippen LogP contribution in [0.3, 0.4) is 0 Å². The van der Waals surface area contributed by atoms with Crippen molar-refractivity contribution in [1.82, 2.24) is 19.6 Å². The van der Waals surface area contributed by atoms with Gasteiger partial charge in [0, 0.05) is 78.3 Å². The van der Waals surface area contributed by atoms with Gasteiger partial charge in [0.25, 0.3) is 0 Å². The van der Waals surface area contributed by atoms with E-state index in [1.165, 1.54) is 11.1 Å². The van der Waals surface area contributed by atoms with Gasteiger partial charge in [-0.3, -0.25) is 19.4 Å². The van der Waals surface area contributed by atoms with Crippen LogP contribution < -0.4 is 0 Å². The molecule has 2 amide bonds. The summed E-state index contributed by atoms with van der Waals surface area (Å²) in [7, 11) is 0. The summed E-state index contributed by atoms with van der Waals surface area (Å²) < 4.78 is 0. The highest BCUT2D eigenvalue weighted by molar-refractivity contribution is 5.79. The third-order valence-electron chi connectivity index (χ3n) is 6.73. The SMILES string of the molecule is O=C(CCCC(=O)N1CCN(Cc2ccccc2)CC1)N1CCN(Cc2ccccc2)CC1. The van der Waals surface area contributed by atoms with Crippen molar-refractivity contribution >= 4 is 11.8 Å². The number of amides is 2. The molecule has 2 aromatic carbocycles. The number of piperazine rings is 2. The molecular weight excluding hydrogens is 412 g/mol. The Kier molecular flexibility index (Phi) is 8.50. The van der Waals surface area contributed by atoms with Gasteiger partial charge in [0.05, 0.1) is 0 Å². The summed E-state index contributed by atoms with van der Waals surface area (Å²) >= 11 is 0. The first kappa shape index (κ1) is 23.5. The van der Waals surface area contributed by atoms with Gasteiger partial charge in [0.15, 0.2) is 0 Å². The van der Waals surface area contributed by atoms with Gasteiger partial charge in [0.1, 0.15) is 0 Å². The lowest BCUT2D eigenvalue weighted by atomic mass is 10.1. The highest BCUT2D eigenvalue weighted by Crippen LogP contribution is 2.13. The molecule has 0 bridgehead atoms. The fourth-order valence-corrected chi connectivity index (χ4v) is 4.70. The molecule has 0 unspecified atom stereocenters. The number of hydrogen-bond donors (Lipinski definition) is 0. The quantitative estimate of drug-likeness (QED) is 0.623. The molecule has 0 radical (unpaired) electrons. The Hall–Kier alpha value is -2.70. The Morgan fingerprint density at radius 3 is 1.27 bits per heavy atom. The van der Waals surface area contributed by atoms with Crippen molar-refractivity contribution in [2.45, 2.75) is 32.4 Å². The smallest absolute Gasteiger partial charge is 0.222 e. The standard InChI is InChI=1S/C27H36N4O2/c32-26(30-18-14-28(15-19-30)22-24-8-3-1-4-9-24)12-7-13-27(33)31-20-16-29(17-21-31)23-25-10-5-2-6-11-25/h1-6,8-11H,7,12-23H2. The summed E-state index contributed by atoms with van der Waals surface area (Å²) in [6, 6.07) is 21.0. The molecule has 0 aromatic heterocycles. The summed E-state index contributed by atoms with van der Waals surface area (Å²) in [5.74, 6) is 0.379. The first-order valence-corrected chi connectivity index (χ1v) is 12.3. The van der Waals surface area contributed by atoms with Crippen LogP contribution in [0.2, 0.25) is 0 Å². The number of carbonyl (C=O) groups is 2. The van der Waals surface area contributed by atoms with E-state index in [0.717, 1.165) is 65.4 Å². The second-order valence-corrected chi connectivity index (χ2v) is 9.14. The molecule has 6 nitrogen and oxygen atoms in total. The molecule has 2 saturated heterocycles. The van der Waals surface area contributed by atoms with Crippen LogP contribution in [0, 0.1) is 0 Å². The predicted molar refractivity (Wildman–Crippen MR) is 130 cm³/mol. The molecule has 176 valence electrons. The van der Waals surface area contributed by atoms with Gasteiger partial charge in [-0.05, 0) is 17.5 Å². The average molecular weight is 449 g/mol. The molecule has 2 aromatic rings. The summed E-state index contributed by atoms with van der Waals surface area (Å²) in [5.41, 5.74) is 2.63. The summed E-state index contributed by atoms with van der Waals surface area (Å²) in [5, 5.41) is 0. The molecule has 2 aliphatic heterocycles. The Bertz CT molecular complexity index is 800. The van der Waals surface area contributed by atoms with Gasteiger partial charge in [-0.25, -0.2) is 0 Å². The minimum atomic E-state index is 0.190. The molecule has 6 heteroatoms. The molecule has 2 aliphatic rings. The maximum atomic E-state index is 12.6. The zero-order chi connectivity index (χ0) is 22.9. The van der Waals surface area contributed by atoms with E-state index >= 15 is 0 Å². The van der Waals surface area contributed by atoms with Gasteiger partial charge < -0.3 is 9.80 Å². The van der Waals surface area contributed by atoms with E-state index in [1.54, 1.807) is 0 Å². The largest absolute Gasteiger partial charge is 0.340 e. The highest BCUT2D eigenvalue weighted by Gasteiger charge is 2.23. The van der Waals surface area contributed by atoms with E-state index in [4.69, 9.17) is 0 Å². The molecule has 33 heavy (non-hydrogen) atoms. The fourth-order valence-electron chi connectivity index (χ4n) is 4.70. The molecule has 0 N–H and O–H groups in total. The first-order chi connectivity index (χ1) is 16.2. The highest BCUT2D eigenvalue weighted by atomic mass is 16.2. The van der Waals surface area contributed by atoms with Crippen molar-refractivity contribution in [3.05, 3.63) is 71.8 Å². The minimum absolute atomic E-state index is 0.190.